The second kappa shape index (κ2) is 5.86. The van der Waals surface area contributed by atoms with Gasteiger partial charge in [-0.2, -0.15) is 4.99 Å². The first kappa shape index (κ1) is 16.6. The van der Waals surface area contributed by atoms with Crippen LogP contribution in [0.3, 0.4) is 0 Å². The number of guanidine groups is 2. The summed E-state index contributed by atoms with van der Waals surface area (Å²) in [5.41, 5.74) is 14.3. The Kier molecular flexibility index (Phi) is 3.75. The highest BCUT2D eigenvalue weighted by Crippen LogP contribution is 2.40. The predicted octanol–water partition coefficient (Wildman–Crippen LogP) is 1.96. The minimum atomic E-state index is -0.461. The van der Waals surface area contributed by atoms with Crippen molar-refractivity contribution in [3.63, 3.8) is 0 Å². The molecule has 0 radical (unpaired) electrons. The maximum atomic E-state index is 12.2. The summed E-state index contributed by atoms with van der Waals surface area (Å²) in [6.07, 6.45) is 5.16. The Morgan fingerprint density at radius 1 is 1.12 bits per heavy atom. The van der Waals surface area contributed by atoms with Gasteiger partial charge < -0.3 is 16.0 Å². The van der Waals surface area contributed by atoms with Gasteiger partial charge in [0.25, 0.3) is 5.56 Å². The van der Waals surface area contributed by atoms with Gasteiger partial charge >= 0.3 is 0 Å². The van der Waals surface area contributed by atoms with Crippen LogP contribution in [0.5, 0.6) is 0 Å². The molecule has 7 heteroatoms. The van der Waals surface area contributed by atoms with Crippen LogP contribution in [0, 0.1) is 6.92 Å². The Balaban J connectivity index is 1.88. The Morgan fingerprint density at radius 3 is 2.58 bits per heavy atom. The molecule has 4 rings (SSSR count). The van der Waals surface area contributed by atoms with Gasteiger partial charge in [-0.15, -0.1) is 0 Å². The summed E-state index contributed by atoms with van der Waals surface area (Å²) in [7, 11) is 1.79. The molecule has 1 aliphatic heterocycles. The zero-order valence-corrected chi connectivity index (χ0v) is 15.2. The van der Waals surface area contributed by atoms with Crippen LogP contribution in [0.2, 0.25) is 0 Å². The molecule has 0 atom stereocenters. The zero-order valence-electron chi connectivity index (χ0n) is 15.2. The summed E-state index contributed by atoms with van der Waals surface area (Å²) in [5.74, 6) is 0.625. The van der Waals surface area contributed by atoms with E-state index < -0.39 is 5.66 Å². The van der Waals surface area contributed by atoms with Gasteiger partial charge in [0.1, 0.15) is 5.66 Å². The number of hydrogen-bond donors (Lipinski definition) is 2. The summed E-state index contributed by atoms with van der Waals surface area (Å²) >= 11 is 0. The molecule has 1 aliphatic carbocycles. The average Bonchev–Trinajstić information content (AvgIpc) is 2.59. The quantitative estimate of drug-likeness (QED) is 0.819. The molecule has 1 spiro atoms. The lowest BCUT2D eigenvalue weighted by atomic mass is 9.87. The largest absolute Gasteiger partial charge is 0.369 e. The van der Waals surface area contributed by atoms with E-state index in [2.05, 4.69) is 11.1 Å². The van der Waals surface area contributed by atoms with Gasteiger partial charge in [-0.05, 0) is 56.9 Å². The number of fused-ring (bicyclic) bond motifs is 1. The maximum absolute atomic E-state index is 12.2. The summed E-state index contributed by atoms with van der Waals surface area (Å²) in [5, 5.41) is 0.989. The lowest BCUT2D eigenvalue weighted by Crippen LogP contribution is -2.58. The number of rotatable bonds is 1. The van der Waals surface area contributed by atoms with E-state index >= 15 is 0 Å². The highest BCUT2D eigenvalue weighted by molar-refractivity contribution is 6.06. The molecule has 26 heavy (non-hydrogen) atoms. The van der Waals surface area contributed by atoms with Crippen molar-refractivity contribution < 1.29 is 0 Å². The normalized spacial score (nSPS) is 19.5. The zero-order chi connectivity index (χ0) is 18.5. The van der Waals surface area contributed by atoms with Crippen molar-refractivity contribution in [1.82, 2.24) is 4.57 Å². The number of aryl methyl sites for hydroxylation is 2. The summed E-state index contributed by atoms with van der Waals surface area (Å²) in [6.45, 7) is 1.83. The molecule has 0 bridgehead atoms. The first-order valence-electron chi connectivity index (χ1n) is 9.01. The molecular weight excluding hydrogens is 328 g/mol. The number of anilines is 1. The van der Waals surface area contributed by atoms with Gasteiger partial charge in [-0.3, -0.25) is 9.69 Å². The van der Waals surface area contributed by atoms with Crippen LogP contribution in [0.15, 0.2) is 39.0 Å². The van der Waals surface area contributed by atoms with E-state index in [-0.39, 0.29) is 11.5 Å². The van der Waals surface area contributed by atoms with Gasteiger partial charge in [0.05, 0.1) is 5.52 Å². The third-order valence-electron chi connectivity index (χ3n) is 5.50. The van der Waals surface area contributed by atoms with Crippen LogP contribution < -0.4 is 21.9 Å². The van der Waals surface area contributed by atoms with Crippen LogP contribution in [0.25, 0.3) is 10.9 Å². The monoisotopic (exact) mass is 352 g/mol. The fourth-order valence-electron chi connectivity index (χ4n) is 4.27. The molecule has 2 aliphatic rings. The molecule has 2 aromatic rings. The number of nitrogens with two attached hydrogens (primary N) is 2. The molecule has 7 nitrogen and oxygen atoms in total. The van der Waals surface area contributed by atoms with Crippen LogP contribution in [-0.2, 0) is 7.05 Å². The Labute approximate surface area is 152 Å². The Morgan fingerprint density at radius 2 is 1.85 bits per heavy atom. The molecule has 0 amide bonds. The molecular formula is C19H24N6O. The summed E-state index contributed by atoms with van der Waals surface area (Å²) in [6, 6.07) is 7.91. The molecule has 1 aromatic carbocycles. The lowest BCUT2D eigenvalue weighted by molar-refractivity contribution is 0.305. The number of pyridine rings is 1. The van der Waals surface area contributed by atoms with E-state index in [9.17, 15) is 4.79 Å². The second-order valence-corrected chi connectivity index (χ2v) is 7.25. The van der Waals surface area contributed by atoms with Crippen molar-refractivity contribution in [1.29, 1.82) is 0 Å². The molecule has 136 valence electrons. The minimum Gasteiger partial charge on any atom is -0.369 e. The van der Waals surface area contributed by atoms with Crippen molar-refractivity contribution in [3.05, 3.63) is 40.2 Å². The number of benzene rings is 1. The topological polar surface area (TPSA) is 102 Å². The summed E-state index contributed by atoms with van der Waals surface area (Å²) < 4.78 is 1.68. The number of nitrogens with zero attached hydrogens (tertiary/aromatic N) is 4. The van der Waals surface area contributed by atoms with Crippen molar-refractivity contribution in [3.8, 4) is 0 Å². The molecule has 1 fully saturated rings. The van der Waals surface area contributed by atoms with Gasteiger partial charge in [-0.25, -0.2) is 4.99 Å². The van der Waals surface area contributed by atoms with E-state index in [1.54, 1.807) is 11.6 Å². The van der Waals surface area contributed by atoms with Gasteiger partial charge in [-0.1, -0.05) is 6.42 Å². The van der Waals surface area contributed by atoms with Crippen LogP contribution in [0.1, 0.15) is 37.7 Å². The van der Waals surface area contributed by atoms with E-state index in [4.69, 9.17) is 16.5 Å². The Hall–Kier alpha value is -2.83. The van der Waals surface area contributed by atoms with Crippen LogP contribution >= 0.6 is 0 Å². The fraction of sp³-hybridized carbons (Fsp3) is 0.421. The standard InChI is InChI=1S/C19H24N6O/c1-12-10-13-11-14(6-7-15(13)24(2)16(12)26)25-18(21)22-17(20)23-19(25)8-4-3-5-9-19/h6-7,10-11H,3-5,8-9H2,1-2H3,(H4,20,21,22,23). The van der Waals surface area contributed by atoms with Crippen molar-refractivity contribution in [2.24, 2.45) is 28.5 Å². The fourth-order valence-corrected chi connectivity index (χ4v) is 4.27. The average molecular weight is 352 g/mol. The highest BCUT2D eigenvalue weighted by Gasteiger charge is 2.42. The SMILES string of the molecule is Cc1cc2cc(N3C(N)=NC(N)=NC34CCCCC4)ccc2n(C)c1=O. The molecule has 1 saturated carbocycles. The van der Waals surface area contributed by atoms with E-state index in [1.807, 2.05) is 30.0 Å². The van der Waals surface area contributed by atoms with Crippen molar-refractivity contribution in [2.45, 2.75) is 44.7 Å². The van der Waals surface area contributed by atoms with Gasteiger partial charge in [0.2, 0.25) is 11.9 Å². The van der Waals surface area contributed by atoms with Crippen molar-refractivity contribution >= 4 is 28.5 Å². The lowest BCUT2D eigenvalue weighted by Gasteiger charge is -2.45. The molecule has 0 saturated heterocycles. The third-order valence-corrected chi connectivity index (χ3v) is 5.50. The second-order valence-electron chi connectivity index (χ2n) is 7.25. The van der Waals surface area contributed by atoms with E-state index in [1.165, 1.54) is 6.42 Å². The van der Waals surface area contributed by atoms with Gasteiger partial charge in [0, 0.05) is 23.7 Å². The van der Waals surface area contributed by atoms with Crippen molar-refractivity contribution in [2.75, 3.05) is 4.90 Å². The third kappa shape index (κ3) is 2.46. The highest BCUT2D eigenvalue weighted by atomic mass is 16.1. The first-order chi connectivity index (χ1) is 12.4. The Bertz CT molecular complexity index is 997. The van der Waals surface area contributed by atoms with Crippen LogP contribution in [-0.4, -0.2) is 22.1 Å². The maximum Gasteiger partial charge on any atom is 0.253 e. The number of aromatic nitrogens is 1. The minimum absolute atomic E-state index is 0.0189. The summed E-state index contributed by atoms with van der Waals surface area (Å²) in [4.78, 5) is 23.1. The number of hydrogen-bond acceptors (Lipinski definition) is 6. The molecule has 4 N–H and O–H groups in total. The van der Waals surface area contributed by atoms with E-state index in [0.717, 1.165) is 42.3 Å². The van der Waals surface area contributed by atoms with E-state index in [0.29, 0.717) is 11.5 Å². The van der Waals surface area contributed by atoms with Crippen LogP contribution in [0.4, 0.5) is 5.69 Å². The smallest absolute Gasteiger partial charge is 0.253 e. The molecule has 1 aromatic heterocycles. The number of aliphatic imine (C=N–C) groups is 2. The first-order valence-corrected chi connectivity index (χ1v) is 9.01. The molecule has 0 unspecified atom stereocenters. The molecule has 2 heterocycles. The predicted molar refractivity (Wildman–Crippen MR) is 105 cm³/mol. The van der Waals surface area contributed by atoms with Gasteiger partial charge in [0.15, 0.2) is 0 Å².